The van der Waals surface area contributed by atoms with E-state index in [4.69, 9.17) is 4.74 Å². The van der Waals surface area contributed by atoms with Crippen LogP contribution in [-0.4, -0.2) is 19.2 Å². The van der Waals surface area contributed by atoms with Crippen LogP contribution in [-0.2, 0) is 0 Å². The second-order valence-electron chi connectivity index (χ2n) is 4.80. The lowest BCUT2D eigenvalue weighted by Gasteiger charge is -2.15. The third kappa shape index (κ3) is 4.78. The van der Waals surface area contributed by atoms with Gasteiger partial charge in [-0.1, -0.05) is 31.0 Å². The average Bonchev–Trinajstić information content (AvgIpc) is 2.65. The molecular weight excluding hydrogens is 210 g/mol. The summed E-state index contributed by atoms with van der Waals surface area (Å²) in [4.78, 5) is 0. The summed E-state index contributed by atoms with van der Waals surface area (Å²) in [5.41, 5.74) is 0. The first-order valence-corrected chi connectivity index (χ1v) is 6.86. The lowest BCUT2D eigenvalue weighted by Crippen LogP contribution is -2.28. The summed E-state index contributed by atoms with van der Waals surface area (Å²) in [6, 6.07) is 10.8. The average molecular weight is 233 g/mol. The SMILES string of the molecule is c1ccc(OCCCC2CCCCCN2)cc1. The molecule has 0 amide bonds. The molecule has 1 saturated heterocycles. The van der Waals surface area contributed by atoms with Crippen LogP contribution >= 0.6 is 0 Å². The lowest BCUT2D eigenvalue weighted by molar-refractivity contribution is 0.294. The molecule has 2 heteroatoms. The topological polar surface area (TPSA) is 21.3 Å². The van der Waals surface area contributed by atoms with Crippen LogP contribution in [0.2, 0.25) is 0 Å². The molecule has 1 unspecified atom stereocenters. The van der Waals surface area contributed by atoms with Gasteiger partial charge < -0.3 is 10.1 Å². The maximum atomic E-state index is 5.70. The number of hydrogen-bond acceptors (Lipinski definition) is 2. The van der Waals surface area contributed by atoms with Crippen LogP contribution in [0.5, 0.6) is 5.75 Å². The number of benzene rings is 1. The van der Waals surface area contributed by atoms with Gasteiger partial charge >= 0.3 is 0 Å². The van der Waals surface area contributed by atoms with Crippen molar-refractivity contribution in [2.45, 2.75) is 44.6 Å². The zero-order valence-electron chi connectivity index (χ0n) is 10.5. The molecule has 0 bridgehead atoms. The molecule has 2 nitrogen and oxygen atoms in total. The fraction of sp³-hybridized carbons (Fsp3) is 0.600. The van der Waals surface area contributed by atoms with Crippen LogP contribution in [0.15, 0.2) is 30.3 Å². The lowest BCUT2D eigenvalue weighted by atomic mass is 10.1. The summed E-state index contributed by atoms with van der Waals surface area (Å²) in [5, 5.41) is 3.62. The molecule has 1 heterocycles. The highest BCUT2D eigenvalue weighted by Crippen LogP contribution is 2.13. The number of rotatable bonds is 5. The quantitative estimate of drug-likeness (QED) is 0.787. The smallest absolute Gasteiger partial charge is 0.119 e. The molecule has 94 valence electrons. The standard InChI is InChI=1S/C15H23NO/c1-4-10-15(11-5-1)17-13-7-9-14-8-3-2-6-12-16-14/h1,4-5,10-11,14,16H,2-3,6-9,12-13H2. The minimum atomic E-state index is 0.719. The fourth-order valence-electron chi connectivity index (χ4n) is 2.38. The van der Waals surface area contributed by atoms with E-state index in [-0.39, 0.29) is 0 Å². The van der Waals surface area contributed by atoms with Gasteiger partial charge in [0.15, 0.2) is 0 Å². The predicted molar refractivity (Wildman–Crippen MR) is 71.4 cm³/mol. The van der Waals surface area contributed by atoms with Crippen LogP contribution in [0.1, 0.15) is 38.5 Å². The third-order valence-electron chi connectivity index (χ3n) is 3.37. The molecule has 0 aliphatic carbocycles. The molecule has 1 atom stereocenters. The zero-order valence-corrected chi connectivity index (χ0v) is 10.5. The molecule has 0 radical (unpaired) electrons. The van der Waals surface area contributed by atoms with E-state index in [2.05, 4.69) is 5.32 Å². The van der Waals surface area contributed by atoms with Crippen molar-refractivity contribution < 1.29 is 4.74 Å². The summed E-state index contributed by atoms with van der Waals surface area (Å²) < 4.78 is 5.70. The van der Waals surface area contributed by atoms with E-state index in [0.29, 0.717) is 0 Å². The number of nitrogens with one attached hydrogen (secondary N) is 1. The van der Waals surface area contributed by atoms with Crippen molar-refractivity contribution in [2.75, 3.05) is 13.2 Å². The van der Waals surface area contributed by atoms with Crippen molar-refractivity contribution in [3.63, 3.8) is 0 Å². The van der Waals surface area contributed by atoms with Crippen LogP contribution in [0.4, 0.5) is 0 Å². The molecule has 1 fully saturated rings. The first-order chi connectivity index (χ1) is 8.45. The number of ether oxygens (including phenoxy) is 1. The highest BCUT2D eigenvalue weighted by atomic mass is 16.5. The van der Waals surface area contributed by atoms with Crippen molar-refractivity contribution in [1.29, 1.82) is 0 Å². The molecule has 1 aliphatic rings. The van der Waals surface area contributed by atoms with Crippen LogP contribution < -0.4 is 10.1 Å². The minimum absolute atomic E-state index is 0.719. The van der Waals surface area contributed by atoms with Gasteiger partial charge in [-0.15, -0.1) is 0 Å². The number of hydrogen-bond donors (Lipinski definition) is 1. The van der Waals surface area contributed by atoms with Gasteiger partial charge in [-0.3, -0.25) is 0 Å². The molecule has 17 heavy (non-hydrogen) atoms. The summed E-state index contributed by atoms with van der Waals surface area (Å²) in [6.45, 7) is 2.03. The third-order valence-corrected chi connectivity index (χ3v) is 3.37. The molecule has 1 aromatic carbocycles. The van der Waals surface area contributed by atoms with Crippen LogP contribution in [0.25, 0.3) is 0 Å². The van der Waals surface area contributed by atoms with Gasteiger partial charge in [0.25, 0.3) is 0 Å². The molecule has 1 N–H and O–H groups in total. The van der Waals surface area contributed by atoms with Crippen molar-refractivity contribution in [1.82, 2.24) is 5.32 Å². The van der Waals surface area contributed by atoms with Gasteiger partial charge in [-0.25, -0.2) is 0 Å². The molecule has 0 saturated carbocycles. The summed E-state index contributed by atoms with van der Waals surface area (Å²) >= 11 is 0. The Morgan fingerprint density at radius 2 is 2.00 bits per heavy atom. The molecule has 0 aromatic heterocycles. The van der Waals surface area contributed by atoms with Gasteiger partial charge in [0.05, 0.1) is 6.61 Å². The van der Waals surface area contributed by atoms with Gasteiger partial charge in [0, 0.05) is 6.04 Å². The zero-order chi connectivity index (χ0) is 11.8. The molecule has 2 rings (SSSR count). The monoisotopic (exact) mass is 233 g/mol. The minimum Gasteiger partial charge on any atom is -0.494 e. The summed E-state index contributed by atoms with van der Waals surface area (Å²) in [5.74, 6) is 0.987. The predicted octanol–water partition coefficient (Wildman–Crippen LogP) is 3.38. The van der Waals surface area contributed by atoms with Crippen LogP contribution in [0, 0.1) is 0 Å². The Hall–Kier alpha value is -1.02. The molecule has 0 spiro atoms. The highest BCUT2D eigenvalue weighted by molar-refractivity contribution is 5.20. The van der Waals surface area contributed by atoms with E-state index in [0.717, 1.165) is 24.8 Å². The first kappa shape index (κ1) is 12.4. The van der Waals surface area contributed by atoms with Crippen LogP contribution in [0.3, 0.4) is 0 Å². The van der Waals surface area contributed by atoms with Crippen molar-refractivity contribution in [2.24, 2.45) is 0 Å². The Kier molecular flexibility index (Phi) is 5.37. The van der Waals surface area contributed by atoms with Gasteiger partial charge in [0.2, 0.25) is 0 Å². The van der Waals surface area contributed by atoms with E-state index >= 15 is 0 Å². The summed E-state index contributed by atoms with van der Waals surface area (Å²) in [6.07, 6.45) is 7.85. The van der Waals surface area contributed by atoms with E-state index < -0.39 is 0 Å². The normalized spacial score (nSPS) is 20.8. The second kappa shape index (κ2) is 7.33. The van der Waals surface area contributed by atoms with Crippen molar-refractivity contribution >= 4 is 0 Å². The van der Waals surface area contributed by atoms with Gasteiger partial charge in [-0.2, -0.15) is 0 Å². The largest absolute Gasteiger partial charge is 0.494 e. The first-order valence-electron chi connectivity index (χ1n) is 6.86. The highest BCUT2D eigenvalue weighted by Gasteiger charge is 2.10. The van der Waals surface area contributed by atoms with E-state index in [1.54, 1.807) is 0 Å². The Labute approximate surface area is 104 Å². The van der Waals surface area contributed by atoms with Gasteiger partial charge in [0.1, 0.15) is 5.75 Å². The molecular formula is C15H23NO. The van der Waals surface area contributed by atoms with Crippen molar-refractivity contribution in [3.05, 3.63) is 30.3 Å². The van der Waals surface area contributed by atoms with E-state index in [1.807, 2.05) is 30.3 Å². The van der Waals surface area contributed by atoms with Gasteiger partial charge in [-0.05, 0) is 44.4 Å². The van der Waals surface area contributed by atoms with E-state index in [1.165, 1.54) is 38.6 Å². The Bertz CT molecular complexity index is 291. The Morgan fingerprint density at radius 3 is 2.88 bits per heavy atom. The maximum Gasteiger partial charge on any atom is 0.119 e. The Morgan fingerprint density at radius 1 is 1.12 bits per heavy atom. The number of para-hydroxylation sites is 1. The maximum absolute atomic E-state index is 5.70. The summed E-state index contributed by atoms with van der Waals surface area (Å²) in [7, 11) is 0. The van der Waals surface area contributed by atoms with Crippen molar-refractivity contribution in [3.8, 4) is 5.75 Å². The second-order valence-corrected chi connectivity index (χ2v) is 4.80. The molecule has 1 aliphatic heterocycles. The molecule has 1 aromatic rings. The Balaban J connectivity index is 1.59. The fourth-order valence-corrected chi connectivity index (χ4v) is 2.38. The van der Waals surface area contributed by atoms with E-state index in [9.17, 15) is 0 Å².